The van der Waals surface area contributed by atoms with Gasteiger partial charge in [0, 0.05) is 56.7 Å². The minimum absolute atomic E-state index is 0.0375. The summed E-state index contributed by atoms with van der Waals surface area (Å²) in [6, 6.07) is 11.5. The smallest absolute Gasteiger partial charge is 0.409 e. The molecule has 2 aliphatic heterocycles. The molecule has 2 aliphatic rings. The van der Waals surface area contributed by atoms with Crippen molar-refractivity contribution in [3.63, 3.8) is 0 Å². The third-order valence-corrected chi connectivity index (χ3v) is 6.66. The van der Waals surface area contributed by atoms with E-state index in [2.05, 4.69) is 10.3 Å². The molecule has 0 aliphatic carbocycles. The molecule has 0 spiro atoms. The number of piperazine rings is 1. The minimum atomic E-state index is -1.09. The van der Waals surface area contributed by atoms with Gasteiger partial charge in [-0.1, -0.05) is 30.3 Å². The first kappa shape index (κ1) is 28.8. The molecule has 3 heterocycles. The molecule has 214 valence electrons. The quantitative estimate of drug-likeness (QED) is 0.451. The number of nitrogens with zero attached hydrogens (tertiary/aromatic N) is 3. The summed E-state index contributed by atoms with van der Waals surface area (Å²) in [5, 5.41) is 11.9. The molecule has 12 nitrogen and oxygen atoms in total. The van der Waals surface area contributed by atoms with E-state index < -0.39 is 29.9 Å². The molecule has 12 heteroatoms. The zero-order valence-electron chi connectivity index (χ0n) is 22.4. The molecule has 2 fully saturated rings. The molecule has 0 saturated carbocycles. The van der Waals surface area contributed by atoms with Gasteiger partial charge in [-0.2, -0.15) is 0 Å². The lowest BCUT2D eigenvalue weighted by molar-refractivity contribution is -0.138. The van der Waals surface area contributed by atoms with E-state index in [4.69, 9.17) is 14.2 Å². The number of pyridine rings is 1. The number of ether oxygens (including phenoxy) is 3. The molecule has 2 atom stereocenters. The molecule has 3 amide bonds. The third-order valence-electron chi connectivity index (χ3n) is 6.66. The topological polar surface area (TPSA) is 148 Å². The fourth-order valence-corrected chi connectivity index (χ4v) is 4.55. The predicted molar refractivity (Wildman–Crippen MR) is 143 cm³/mol. The van der Waals surface area contributed by atoms with E-state index >= 15 is 0 Å². The number of carboxylic acids is 1. The standard InChI is InChI=1S/C28H34N4O8/c1-2-39-28(37)32-13-11-31(12-14-32)27(36)22(8-9-25(33)34)30-26(35)24-17-21(40-20-10-15-38-18-20)16-23(29-24)19-6-4-3-5-7-19/h3-7,16-17,20,22H,2,8-15,18H2,1H3,(H,30,35)(H,33,34)/t20-,22?/m0/s1. The molecule has 1 aromatic carbocycles. The van der Waals surface area contributed by atoms with Gasteiger partial charge in [-0.15, -0.1) is 0 Å². The number of carbonyl (C=O) groups excluding carboxylic acids is 3. The molecule has 1 unspecified atom stereocenters. The monoisotopic (exact) mass is 554 g/mol. The highest BCUT2D eigenvalue weighted by molar-refractivity contribution is 5.97. The van der Waals surface area contributed by atoms with E-state index in [1.807, 2.05) is 30.3 Å². The zero-order valence-corrected chi connectivity index (χ0v) is 22.4. The normalized spacial score (nSPS) is 17.7. The number of carboxylic acid groups (broad SMARTS) is 1. The molecule has 2 N–H and O–H groups in total. The van der Waals surface area contributed by atoms with Crippen molar-refractivity contribution in [2.45, 2.75) is 38.3 Å². The summed E-state index contributed by atoms with van der Waals surface area (Å²) < 4.78 is 16.5. The van der Waals surface area contributed by atoms with Gasteiger partial charge in [0.1, 0.15) is 23.6 Å². The lowest BCUT2D eigenvalue weighted by atomic mass is 10.1. The first-order valence-electron chi connectivity index (χ1n) is 13.4. The largest absolute Gasteiger partial charge is 0.488 e. The number of aromatic nitrogens is 1. The van der Waals surface area contributed by atoms with Crippen molar-refractivity contribution in [2.75, 3.05) is 46.0 Å². The van der Waals surface area contributed by atoms with Crippen molar-refractivity contribution in [2.24, 2.45) is 0 Å². The average Bonchev–Trinajstić information content (AvgIpc) is 3.48. The number of carbonyl (C=O) groups is 4. The van der Waals surface area contributed by atoms with Gasteiger partial charge in [-0.3, -0.25) is 14.4 Å². The number of hydrogen-bond donors (Lipinski definition) is 2. The molecule has 2 saturated heterocycles. The Kier molecular flexibility index (Phi) is 9.90. The highest BCUT2D eigenvalue weighted by Crippen LogP contribution is 2.25. The number of rotatable bonds is 10. The van der Waals surface area contributed by atoms with Crippen molar-refractivity contribution >= 4 is 23.9 Å². The number of nitrogens with one attached hydrogen (secondary N) is 1. The Hall–Kier alpha value is -4.19. The Morgan fingerprint density at radius 2 is 1.82 bits per heavy atom. The maximum atomic E-state index is 13.4. The number of aliphatic carboxylic acids is 1. The molecular formula is C28H34N4O8. The SMILES string of the molecule is CCOC(=O)N1CCN(C(=O)C(CCC(=O)O)NC(=O)c2cc(O[C@H]3CCOC3)cc(-c3ccccc3)n2)CC1. The summed E-state index contributed by atoms with van der Waals surface area (Å²) in [5.41, 5.74) is 1.34. The third kappa shape index (κ3) is 7.69. The van der Waals surface area contributed by atoms with Crippen LogP contribution >= 0.6 is 0 Å². The minimum Gasteiger partial charge on any atom is -0.488 e. The van der Waals surface area contributed by atoms with Crippen LogP contribution in [0, 0.1) is 0 Å². The Balaban J connectivity index is 1.52. The predicted octanol–water partition coefficient (Wildman–Crippen LogP) is 2.18. The van der Waals surface area contributed by atoms with Crippen LogP contribution in [-0.4, -0.2) is 102 Å². The fraction of sp³-hybridized carbons (Fsp3) is 0.464. The van der Waals surface area contributed by atoms with E-state index in [0.29, 0.717) is 24.7 Å². The summed E-state index contributed by atoms with van der Waals surface area (Å²) in [4.78, 5) is 57.7. The maximum absolute atomic E-state index is 13.4. The Bertz CT molecular complexity index is 1190. The Morgan fingerprint density at radius 3 is 2.48 bits per heavy atom. The number of benzene rings is 1. The van der Waals surface area contributed by atoms with Gasteiger partial charge in [0.2, 0.25) is 5.91 Å². The van der Waals surface area contributed by atoms with Crippen molar-refractivity contribution in [3.05, 3.63) is 48.2 Å². The van der Waals surface area contributed by atoms with Gasteiger partial charge in [0.25, 0.3) is 5.91 Å². The van der Waals surface area contributed by atoms with Gasteiger partial charge in [-0.05, 0) is 13.3 Å². The second kappa shape index (κ2) is 13.7. The zero-order chi connectivity index (χ0) is 28.5. The lowest BCUT2D eigenvalue weighted by Gasteiger charge is -2.35. The Labute approximate surface area is 232 Å². The summed E-state index contributed by atoms with van der Waals surface area (Å²) in [7, 11) is 0. The summed E-state index contributed by atoms with van der Waals surface area (Å²) >= 11 is 0. The van der Waals surface area contributed by atoms with Crippen LogP contribution in [0.4, 0.5) is 4.79 Å². The number of hydrogen-bond acceptors (Lipinski definition) is 8. The van der Waals surface area contributed by atoms with E-state index in [9.17, 15) is 24.3 Å². The molecular weight excluding hydrogens is 520 g/mol. The first-order valence-corrected chi connectivity index (χ1v) is 13.4. The lowest BCUT2D eigenvalue weighted by Crippen LogP contribution is -2.56. The second-order valence-corrected chi connectivity index (χ2v) is 9.51. The van der Waals surface area contributed by atoms with Crippen LogP contribution in [0.3, 0.4) is 0 Å². The van der Waals surface area contributed by atoms with E-state index in [-0.39, 0.29) is 57.4 Å². The van der Waals surface area contributed by atoms with Crippen LogP contribution in [0.1, 0.15) is 36.7 Å². The van der Waals surface area contributed by atoms with E-state index in [0.717, 1.165) is 12.0 Å². The van der Waals surface area contributed by atoms with Gasteiger partial charge >= 0.3 is 12.1 Å². The Morgan fingerprint density at radius 1 is 1.10 bits per heavy atom. The van der Waals surface area contributed by atoms with Crippen LogP contribution in [0.15, 0.2) is 42.5 Å². The second-order valence-electron chi connectivity index (χ2n) is 9.51. The van der Waals surface area contributed by atoms with Crippen LogP contribution in [-0.2, 0) is 19.1 Å². The van der Waals surface area contributed by atoms with Crippen molar-refractivity contribution in [1.82, 2.24) is 20.1 Å². The van der Waals surface area contributed by atoms with Crippen molar-refractivity contribution < 1.29 is 38.5 Å². The van der Waals surface area contributed by atoms with Gasteiger partial charge < -0.3 is 34.4 Å². The van der Waals surface area contributed by atoms with Gasteiger partial charge in [-0.25, -0.2) is 9.78 Å². The van der Waals surface area contributed by atoms with Crippen molar-refractivity contribution in [1.29, 1.82) is 0 Å². The number of amides is 3. The summed E-state index contributed by atoms with van der Waals surface area (Å²) in [6.45, 7) is 4.03. The van der Waals surface area contributed by atoms with Crippen LogP contribution < -0.4 is 10.1 Å². The van der Waals surface area contributed by atoms with Crippen LogP contribution in [0.5, 0.6) is 5.75 Å². The molecule has 0 radical (unpaired) electrons. The average molecular weight is 555 g/mol. The van der Waals surface area contributed by atoms with Crippen LogP contribution in [0.2, 0.25) is 0 Å². The molecule has 40 heavy (non-hydrogen) atoms. The highest BCUT2D eigenvalue weighted by Gasteiger charge is 2.31. The van der Waals surface area contributed by atoms with E-state index in [1.54, 1.807) is 13.0 Å². The molecule has 1 aromatic heterocycles. The van der Waals surface area contributed by atoms with Crippen LogP contribution in [0.25, 0.3) is 11.3 Å². The molecule has 0 bridgehead atoms. The highest BCUT2D eigenvalue weighted by atomic mass is 16.6. The van der Waals surface area contributed by atoms with Crippen molar-refractivity contribution in [3.8, 4) is 17.0 Å². The fourth-order valence-electron chi connectivity index (χ4n) is 4.55. The first-order chi connectivity index (χ1) is 19.3. The summed E-state index contributed by atoms with van der Waals surface area (Å²) in [6.07, 6.45) is -0.289. The van der Waals surface area contributed by atoms with Gasteiger partial charge in [0.15, 0.2) is 0 Å². The van der Waals surface area contributed by atoms with Gasteiger partial charge in [0.05, 0.1) is 25.5 Å². The summed E-state index contributed by atoms with van der Waals surface area (Å²) in [5.74, 6) is -1.69. The maximum Gasteiger partial charge on any atom is 0.409 e. The molecule has 4 rings (SSSR count). The van der Waals surface area contributed by atoms with E-state index in [1.165, 1.54) is 15.9 Å². The molecule has 2 aromatic rings.